The van der Waals surface area contributed by atoms with Crippen molar-refractivity contribution in [3.8, 4) is 11.3 Å². The highest BCUT2D eigenvalue weighted by Gasteiger charge is 2.14. The van der Waals surface area contributed by atoms with E-state index in [2.05, 4.69) is 15.2 Å². The number of carbonyl (C=O) groups is 1. The van der Waals surface area contributed by atoms with Gasteiger partial charge in [-0.25, -0.2) is 9.37 Å². The molecular formula is C24H24FN5O2. The lowest BCUT2D eigenvalue weighted by Crippen LogP contribution is -2.36. The monoisotopic (exact) mass is 433 g/mol. The van der Waals surface area contributed by atoms with Gasteiger partial charge in [-0.1, -0.05) is 24.3 Å². The number of halogens is 1. The summed E-state index contributed by atoms with van der Waals surface area (Å²) in [6.45, 7) is 2.21. The lowest BCUT2D eigenvalue weighted by molar-refractivity contribution is -0.130. The summed E-state index contributed by atoms with van der Waals surface area (Å²) in [6, 6.07) is 15.3. The minimum absolute atomic E-state index is 0.0488. The van der Waals surface area contributed by atoms with E-state index >= 15 is 0 Å². The lowest BCUT2D eigenvalue weighted by Gasteiger charge is -2.18. The van der Waals surface area contributed by atoms with Gasteiger partial charge in [-0.05, 0) is 50.1 Å². The molecule has 4 aromatic rings. The number of amides is 1. The molecule has 0 unspecified atom stereocenters. The van der Waals surface area contributed by atoms with Gasteiger partial charge in [-0.2, -0.15) is 5.10 Å². The number of hydrogen-bond acceptors (Lipinski definition) is 4. The molecule has 4 rings (SSSR count). The predicted octanol–water partition coefficient (Wildman–Crippen LogP) is 3.33. The number of nitrogens with one attached hydrogen (secondary N) is 1. The molecule has 0 atom stereocenters. The number of carbonyl (C=O) groups excluding carboxylic acids is 1. The van der Waals surface area contributed by atoms with E-state index in [-0.39, 0.29) is 23.8 Å². The highest BCUT2D eigenvalue weighted by atomic mass is 19.1. The topological polar surface area (TPSA) is 83.9 Å². The largest absolute Gasteiger partial charge is 0.344 e. The molecule has 1 N–H and O–H groups in total. The molecule has 0 aliphatic heterocycles. The molecule has 32 heavy (non-hydrogen) atoms. The average Bonchev–Trinajstić information content (AvgIpc) is 3.25. The number of aryl methyl sites for hydroxylation is 2. The maximum absolute atomic E-state index is 13.4. The van der Waals surface area contributed by atoms with Gasteiger partial charge in [0.1, 0.15) is 18.2 Å². The highest BCUT2D eigenvalue weighted by molar-refractivity contribution is 5.79. The third-order valence-corrected chi connectivity index (χ3v) is 5.46. The number of aromatic amines is 1. The molecular weight excluding hydrogens is 409 g/mol. The molecule has 0 bridgehead atoms. The molecule has 0 aliphatic carbocycles. The molecule has 0 saturated heterocycles. The Morgan fingerprint density at radius 3 is 2.78 bits per heavy atom. The number of likely N-dealkylation sites (N-methyl/N-ethyl adjacent to an activating group) is 1. The Balaban J connectivity index is 1.35. The number of hydrogen-bond donors (Lipinski definition) is 1. The van der Waals surface area contributed by atoms with Gasteiger partial charge in [-0.3, -0.25) is 19.3 Å². The van der Waals surface area contributed by atoms with Gasteiger partial charge in [0.2, 0.25) is 5.91 Å². The van der Waals surface area contributed by atoms with Crippen molar-refractivity contribution in [2.75, 3.05) is 13.6 Å². The van der Waals surface area contributed by atoms with Crippen molar-refractivity contribution >= 4 is 16.8 Å². The molecule has 2 heterocycles. The first-order chi connectivity index (χ1) is 15.4. The first-order valence-electron chi connectivity index (χ1n) is 10.4. The van der Waals surface area contributed by atoms with E-state index < -0.39 is 0 Å². The summed E-state index contributed by atoms with van der Waals surface area (Å²) < 4.78 is 14.8. The molecule has 0 radical (unpaired) electrons. The Hall–Kier alpha value is -3.81. The molecule has 1 amide bonds. The van der Waals surface area contributed by atoms with Crippen LogP contribution in [-0.2, 0) is 17.8 Å². The van der Waals surface area contributed by atoms with Gasteiger partial charge in [-0.15, -0.1) is 0 Å². The van der Waals surface area contributed by atoms with Crippen molar-refractivity contribution in [1.29, 1.82) is 0 Å². The van der Waals surface area contributed by atoms with Gasteiger partial charge in [0, 0.05) is 24.8 Å². The fourth-order valence-electron chi connectivity index (χ4n) is 3.64. The standard InChI is InChI=1S/C24H24FN5O2/c1-16-26-21-11-4-3-10-20(21)24(32)30(16)15-23(31)29(2)12-6-9-19-14-22(28-27-19)17-7-5-8-18(25)13-17/h3-5,7-8,10-11,13-14H,6,9,12,15H2,1-2H3,(H,27,28). The fraction of sp³-hybridized carbons (Fsp3) is 0.250. The van der Waals surface area contributed by atoms with Gasteiger partial charge < -0.3 is 4.90 Å². The molecule has 164 valence electrons. The van der Waals surface area contributed by atoms with Crippen LogP contribution < -0.4 is 5.56 Å². The Bertz CT molecular complexity index is 1330. The van der Waals surface area contributed by atoms with E-state index in [0.717, 1.165) is 12.1 Å². The van der Waals surface area contributed by atoms with Crippen LogP contribution in [0.2, 0.25) is 0 Å². The van der Waals surface area contributed by atoms with E-state index in [9.17, 15) is 14.0 Å². The fourth-order valence-corrected chi connectivity index (χ4v) is 3.64. The summed E-state index contributed by atoms with van der Waals surface area (Å²) in [4.78, 5) is 31.5. The third-order valence-electron chi connectivity index (χ3n) is 5.46. The van der Waals surface area contributed by atoms with E-state index in [1.807, 2.05) is 12.1 Å². The minimum Gasteiger partial charge on any atom is -0.344 e. The van der Waals surface area contributed by atoms with Crippen LogP contribution in [0.1, 0.15) is 17.9 Å². The zero-order chi connectivity index (χ0) is 22.7. The summed E-state index contributed by atoms with van der Waals surface area (Å²) in [6.07, 6.45) is 1.41. The normalized spacial score (nSPS) is 11.1. The van der Waals surface area contributed by atoms with Gasteiger partial charge in [0.05, 0.1) is 16.6 Å². The number of nitrogens with zero attached hydrogens (tertiary/aromatic N) is 4. The zero-order valence-corrected chi connectivity index (χ0v) is 18.0. The maximum atomic E-state index is 13.4. The minimum atomic E-state index is -0.303. The Kier molecular flexibility index (Phi) is 6.11. The van der Waals surface area contributed by atoms with Crippen LogP contribution in [0.3, 0.4) is 0 Å². The zero-order valence-electron chi connectivity index (χ0n) is 18.0. The second-order valence-electron chi connectivity index (χ2n) is 7.78. The Morgan fingerprint density at radius 2 is 1.97 bits per heavy atom. The molecule has 0 saturated carbocycles. The third kappa shape index (κ3) is 4.59. The Labute approximate surface area is 184 Å². The number of aromatic nitrogens is 4. The quantitative estimate of drug-likeness (QED) is 0.485. The first-order valence-corrected chi connectivity index (χ1v) is 10.4. The number of H-pyrrole nitrogens is 1. The van der Waals surface area contributed by atoms with Crippen molar-refractivity contribution < 1.29 is 9.18 Å². The van der Waals surface area contributed by atoms with Crippen LogP contribution in [0.25, 0.3) is 22.2 Å². The van der Waals surface area contributed by atoms with Crippen LogP contribution in [0.5, 0.6) is 0 Å². The highest BCUT2D eigenvalue weighted by Crippen LogP contribution is 2.19. The lowest BCUT2D eigenvalue weighted by atomic mass is 10.1. The van der Waals surface area contributed by atoms with Crippen LogP contribution in [0.4, 0.5) is 4.39 Å². The molecule has 2 aromatic heterocycles. The summed E-state index contributed by atoms with van der Waals surface area (Å²) in [5.41, 5.74) is 2.73. The Morgan fingerprint density at radius 1 is 1.16 bits per heavy atom. The number of fused-ring (bicyclic) bond motifs is 1. The SMILES string of the molecule is Cc1nc2ccccc2c(=O)n1CC(=O)N(C)CCCc1cc(-c2cccc(F)c2)n[nH]1. The maximum Gasteiger partial charge on any atom is 0.261 e. The second kappa shape index (κ2) is 9.13. The average molecular weight is 433 g/mol. The van der Waals surface area contributed by atoms with Crippen LogP contribution in [0.15, 0.2) is 59.4 Å². The number of benzene rings is 2. The van der Waals surface area contributed by atoms with Gasteiger partial charge >= 0.3 is 0 Å². The van der Waals surface area contributed by atoms with E-state index in [1.165, 1.54) is 16.7 Å². The summed E-state index contributed by atoms with van der Waals surface area (Å²) in [5, 5.41) is 7.71. The second-order valence-corrected chi connectivity index (χ2v) is 7.78. The molecule has 2 aromatic carbocycles. The molecule has 7 nitrogen and oxygen atoms in total. The first kappa shape index (κ1) is 21.4. The van der Waals surface area contributed by atoms with Crippen molar-refractivity contribution in [3.63, 3.8) is 0 Å². The summed E-state index contributed by atoms with van der Waals surface area (Å²) in [7, 11) is 1.72. The molecule has 0 aliphatic rings. The van der Waals surface area contributed by atoms with Gasteiger partial charge in [0.15, 0.2) is 0 Å². The summed E-state index contributed by atoms with van der Waals surface area (Å²) >= 11 is 0. The number of rotatable bonds is 7. The van der Waals surface area contributed by atoms with Crippen molar-refractivity contribution in [2.45, 2.75) is 26.3 Å². The van der Waals surface area contributed by atoms with E-state index in [1.54, 1.807) is 49.2 Å². The van der Waals surface area contributed by atoms with Crippen molar-refractivity contribution in [2.24, 2.45) is 0 Å². The van der Waals surface area contributed by atoms with Crippen LogP contribution >= 0.6 is 0 Å². The number of para-hydroxylation sites is 1. The van der Waals surface area contributed by atoms with E-state index in [0.29, 0.717) is 41.0 Å². The summed E-state index contributed by atoms with van der Waals surface area (Å²) in [5.74, 6) is 0.0540. The smallest absolute Gasteiger partial charge is 0.261 e. The molecule has 0 spiro atoms. The van der Waals surface area contributed by atoms with E-state index in [4.69, 9.17) is 0 Å². The molecule has 0 fully saturated rings. The van der Waals surface area contributed by atoms with Crippen molar-refractivity contribution in [3.05, 3.63) is 82.3 Å². The van der Waals surface area contributed by atoms with Crippen molar-refractivity contribution in [1.82, 2.24) is 24.6 Å². The van der Waals surface area contributed by atoms with Gasteiger partial charge in [0.25, 0.3) is 5.56 Å². The van der Waals surface area contributed by atoms with Crippen LogP contribution in [-0.4, -0.2) is 44.1 Å². The van der Waals surface area contributed by atoms with Crippen LogP contribution in [0, 0.1) is 12.7 Å². The molecule has 8 heteroatoms. The predicted molar refractivity (Wildman–Crippen MR) is 121 cm³/mol.